The Bertz CT molecular complexity index is 1030. The first-order valence-electron chi connectivity index (χ1n) is 8.55. The zero-order valence-corrected chi connectivity index (χ0v) is 15.7. The number of hydrogen-bond donors (Lipinski definition) is 2. The largest absolute Gasteiger partial charge is 0.384 e. The van der Waals surface area contributed by atoms with Gasteiger partial charge in [-0.3, -0.25) is 4.72 Å². The fourth-order valence-corrected chi connectivity index (χ4v) is 3.73. The fraction of sp³-hybridized carbons (Fsp3) is 0.0909. The third-order valence-electron chi connectivity index (χ3n) is 4.13. The number of sulfonamides is 1. The highest BCUT2D eigenvalue weighted by Gasteiger charge is 2.17. The highest BCUT2D eigenvalue weighted by molar-refractivity contribution is 7.92. The van der Waals surface area contributed by atoms with Gasteiger partial charge >= 0.3 is 0 Å². The van der Waals surface area contributed by atoms with Crippen LogP contribution in [-0.2, 0) is 10.0 Å². The molecule has 0 aliphatic heterocycles. The van der Waals surface area contributed by atoms with E-state index >= 15 is 0 Å². The highest BCUT2D eigenvalue weighted by Crippen LogP contribution is 2.27. The Balaban J connectivity index is 1.85. The lowest BCUT2D eigenvalue weighted by atomic mass is 10.1. The molecular formula is C22H21NO3S. The van der Waals surface area contributed by atoms with Crippen LogP contribution in [0.5, 0.6) is 0 Å². The zero-order chi connectivity index (χ0) is 19.3. The van der Waals surface area contributed by atoms with Crippen LogP contribution in [-0.4, -0.2) is 13.5 Å². The Morgan fingerprint density at radius 2 is 1.52 bits per heavy atom. The molecule has 138 valence electrons. The van der Waals surface area contributed by atoms with Gasteiger partial charge in [-0.05, 0) is 30.7 Å². The number of nitrogens with one attached hydrogen (secondary N) is 1. The van der Waals surface area contributed by atoms with E-state index in [9.17, 15) is 13.5 Å². The van der Waals surface area contributed by atoms with Crippen LogP contribution in [0.15, 0.2) is 89.8 Å². The first kappa shape index (κ1) is 18.9. The second-order valence-electron chi connectivity index (χ2n) is 6.22. The monoisotopic (exact) mass is 379 g/mol. The van der Waals surface area contributed by atoms with Gasteiger partial charge in [-0.15, -0.1) is 0 Å². The Hall–Kier alpha value is -2.89. The van der Waals surface area contributed by atoms with Gasteiger partial charge in [-0.2, -0.15) is 0 Å². The van der Waals surface area contributed by atoms with Gasteiger partial charge in [0.15, 0.2) is 0 Å². The molecule has 3 aromatic carbocycles. The molecule has 0 heterocycles. The van der Waals surface area contributed by atoms with Crippen molar-refractivity contribution in [3.05, 3.63) is 102 Å². The van der Waals surface area contributed by atoms with Gasteiger partial charge in [0, 0.05) is 5.56 Å². The van der Waals surface area contributed by atoms with Gasteiger partial charge in [0.25, 0.3) is 10.0 Å². The predicted molar refractivity (Wildman–Crippen MR) is 109 cm³/mol. The van der Waals surface area contributed by atoms with Crippen LogP contribution >= 0.6 is 0 Å². The summed E-state index contributed by atoms with van der Waals surface area (Å²) in [7, 11) is -3.74. The summed E-state index contributed by atoms with van der Waals surface area (Å²) in [4.78, 5) is 0.178. The molecular weight excluding hydrogens is 358 g/mol. The van der Waals surface area contributed by atoms with Crippen LogP contribution in [0.25, 0.3) is 6.08 Å². The number of aliphatic hydroxyl groups is 1. The molecule has 3 aromatic rings. The number of rotatable bonds is 6. The SMILES string of the molecule is Cc1ccc(S(=O)(=O)Nc2ccccc2[C@@H](O)/C=C/c2ccccc2)cc1. The van der Waals surface area contributed by atoms with Crippen molar-refractivity contribution >= 4 is 21.8 Å². The van der Waals surface area contributed by atoms with Crippen LogP contribution < -0.4 is 4.72 Å². The number of anilines is 1. The minimum absolute atomic E-state index is 0.178. The van der Waals surface area contributed by atoms with E-state index in [1.807, 2.05) is 37.3 Å². The van der Waals surface area contributed by atoms with Crippen molar-refractivity contribution in [3.63, 3.8) is 0 Å². The summed E-state index contributed by atoms with van der Waals surface area (Å²) >= 11 is 0. The normalized spacial score (nSPS) is 12.8. The maximum Gasteiger partial charge on any atom is 0.261 e. The quantitative estimate of drug-likeness (QED) is 0.661. The van der Waals surface area contributed by atoms with E-state index in [4.69, 9.17) is 0 Å². The fourth-order valence-electron chi connectivity index (χ4n) is 2.64. The molecule has 1 atom stereocenters. The summed E-state index contributed by atoms with van der Waals surface area (Å²) in [5, 5.41) is 10.5. The summed E-state index contributed by atoms with van der Waals surface area (Å²) in [5.74, 6) is 0. The van der Waals surface area contributed by atoms with E-state index in [1.165, 1.54) is 0 Å². The van der Waals surface area contributed by atoms with Crippen molar-refractivity contribution in [2.75, 3.05) is 4.72 Å². The molecule has 0 saturated carbocycles. The summed E-state index contributed by atoms with van der Waals surface area (Å²) in [6, 6.07) is 23.0. The van der Waals surface area contributed by atoms with Crippen molar-refractivity contribution in [2.24, 2.45) is 0 Å². The van der Waals surface area contributed by atoms with E-state index in [0.717, 1.165) is 11.1 Å². The van der Waals surface area contributed by atoms with Gasteiger partial charge in [0.1, 0.15) is 0 Å². The molecule has 0 aliphatic carbocycles. The number of aliphatic hydroxyl groups excluding tert-OH is 1. The van der Waals surface area contributed by atoms with Gasteiger partial charge in [0.05, 0.1) is 16.7 Å². The number of hydrogen-bond acceptors (Lipinski definition) is 3. The lowest BCUT2D eigenvalue weighted by molar-refractivity contribution is 0.230. The molecule has 0 fully saturated rings. The third-order valence-corrected chi connectivity index (χ3v) is 5.51. The Kier molecular flexibility index (Phi) is 5.74. The van der Waals surface area contributed by atoms with E-state index in [1.54, 1.807) is 60.7 Å². The van der Waals surface area contributed by atoms with E-state index in [-0.39, 0.29) is 4.90 Å². The van der Waals surface area contributed by atoms with Crippen LogP contribution in [0.3, 0.4) is 0 Å². The maximum absolute atomic E-state index is 12.7. The Morgan fingerprint density at radius 1 is 0.889 bits per heavy atom. The highest BCUT2D eigenvalue weighted by atomic mass is 32.2. The van der Waals surface area contributed by atoms with Crippen LogP contribution in [0.1, 0.15) is 22.8 Å². The molecule has 0 radical (unpaired) electrons. The third kappa shape index (κ3) is 4.84. The van der Waals surface area contributed by atoms with Gasteiger partial charge in [-0.1, -0.05) is 78.4 Å². The molecule has 27 heavy (non-hydrogen) atoms. The number of para-hydroxylation sites is 1. The summed E-state index contributed by atoms with van der Waals surface area (Å²) in [5.41, 5.74) is 2.77. The molecule has 5 heteroatoms. The van der Waals surface area contributed by atoms with Crippen molar-refractivity contribution < 1.29 is 13.5 Å². The predicted octanol–water partition coefficient (Wildman–Crippen LogP) is 4.54. The van der Waals surface area contributed by atoms with Gasteiger partial charge in [-0.25, -0.2) is 8.42 Å². The molecule has 0 amide bonds. The first-order chi connectivity index (χ1) is 13.0. The molecule has 0 aliphatic rings. The van der Waals surface area contributed by atoms with Gasteiger partial charge in [0.2, 0.25) is 0 Å². The molecule has 2 N–H and O–H groups in total. The van der Waals surface area contributed by atoms with Crippen molar-refractivity contribution in [1.29, 1.82) is 0 Å². The second kappa shape index (κ2) is 8.20. The maximum atomic E-state index is 12.7. The lowest BCUT2D eigenvalue weighted by Gasteiger charge is -2.15. The molecule has 0 saturated heterocycles. The van der Waals surface area contributed by atoms with Crippen LogP contribution in [0.2, 0.25) is 0 Å². The minimum Gasteiger partial charge on any atom is -0.384 e. The molecule has 0 spiro atoms. The zero-order valence-electron chi connectivity index (χ0n) is 14.9. The molecule has 0 unspecified atom stereocenters. The number of aryl methyl sites for hydroxylation is 1. The van der Waals surface area contributed by atoms with E-state index < -0.39 is 16.1 Å². The van der Waals surface area contributed by atoms with Crippen LogP contribution in [0.4, 0.5) is 5.69 Å². The lowest BCUT2D eigenvalue weighted by Crippen LogP contribution is -2.15. The van der Waals surface area contributed by atoms with Gasteiger partial charge < -0.3 is 5.11 Å². The summed E-state index contributed by atoms with van der Waals surface area (Å²) in [6.45, 7) is 1.90. The molecule has 0 bridgehead atoms. The minimum atomic E-state index is -3.74. The van der Waals surface area contributed by atoms with Crippen molar-refractivity contribution in [2.45, 2.75) is 17.9 Å². The van der Waals surface area contributed by atoms with E-state index in [0.29, 0.717) is 11.3 Å². The average Bonchev–Trinajstić information content (AvgIpc) is 2.67. The van der Waals surface area contributed by atoms with Crippen LogP contribution in [0, 0.1) is 6.92 Å². The summed E-state index contributed by atoms with van der Waals surface area (Å²) < 4.78 is 27.9. The van der Waals surface area contributed by atoms with Crippen molar-refractivity contribution in [3.8, 4) is 0 Å². The Morgan fingerprint density at radius 3 is 2.22 bits per heavy atom. The smallest absolute Gasteiger partial charge is 0.261 e. The standard InChI is InChI=1S/C22H21NO3S/c1-17-11-14-19(15-12-17)27(25,26)23-21-10-6-5-9-20(21)22(24)16-13-18-7-3-2-4-8-18/h2-16,22-24H,1H3/b16-13+/t22-/m0/s1. The number of benzene rings is 3. The molecule has 0 aromatic heterocycles. The second-order valence-corrected chi connectivity index (χ2v) is 7.90. The average molecular weight is 379 g/mol. The summed E-state index contributed by atoms with van der Waals surface area (Å²) in [6.07, 6.45) is 2.49. The molecule has 4 nitrogen and oxygen atoms in total. The van der Waals surface area contributed by atoms with Crippen molar-refractivity contribution in [1.82, 2.24) is 0 Å². The topological polar surface area (TPSA) is 66.4 Å². The Labute approximate surface area is 159 Å². The molecule has 3 rings (SSSR count). The van der Waals surface area contributed by atoms with E-state index in [2.05, 4.69) is 4.72 Å². The first-order valence-corrected chi connectivity index (χ1v) is 10.0.